The highest BCUT2D eigenvalue weighted by Gasteiger charge is 2.25. The minimum absolute atomic E-state index is 0.0199. The van der Waals surface area contributed by atoms with Gasteiger partial charge in [0.2, 0.25) is 5.28 Å². The van der Waals surface area contributed by atoms with E-state index < -0.39 is 0 Å². The Morgan fingerprint density at radius 3 is 2.86 bits per heavy atom. The number of anilines is 1. The molecule has 1 atom stereocenters. The number of halogens is 1. The van der Waals surface area contributed by atoms with Gasteiger partial charge in [0.15, 0.2) is 0 Å². The maximum Gasteiger partial charge on any atom is 0.224 e. The Morgan fingerprint density at radius 2 is 2.10 bits per heavy atom. The second-order valence-electron chi connectivity index (χ2n) is 5.16. The van der Waals surface area contributed by atoms with Crippen LogP contribution >= 0.6 is 11.6 Å². The molecule has 4 nitrogen and oxygen atoms in total. The minimum Gasteiger partial charge on any atom is -0.375 e. The molecule has 1 aromatic carbocycles. The predicted molar refractivity (Wildman–Crippen MR) is 83.5 cm³/mol. The van der Waals surface area contributed by atoms with Crippen molar-refractivity contribution >= 4 is 17.4 Å². The third kappa shape index (κ3) is 3.17. The molecule has 1 aliphatic carbocycles. The van der Waals surface area contributed by atoms with Gasteiger partial charge in [0.05, 0.1) is 11.8 Å². The van der Waals surface area contributed by atoms with Crippen molar-refractivity contribution in [1.29, 1.82) is 0 Å². The summed E-state index contributed by atoms with van der Waals surface area (Å²) in [4.78, 5) is 8.73. The Hall–Kier alpha value is -1.65. The standard InChI is InChI=1S/C16H18ClN3O/c1-21-13-9-5-8-12-14(13)19-16(17)20-15(12)18-10-11-6-3-2-4-7-11/h2-4,6-7,13H,5,8-10H2,1H3,(H,18,19,20). The van der Waals surface area contributed by atoms with Gasteiger partial charge in [-0.3, -0.25) is 0 Å². The van der Waals surface area contributed by atoms with Gasteiger partial charge < -0.3 is 10.1 Å². The number of aromatic nitrogens is 2. The summed E-state index contributed by atoms with van der Waals surface area (Å²) in [6.07, 6.45) is 3.04. The van der Waals surface area contributed by atoms with E-state index in [1.807, 2.05) is 18.2 Å². The molecule has 0 radical (unpaired) electrons. The molecular formula is C16H18ClN3O. The Balaban J connectivity index is 1.86. The molecule has 1 aromatic heterocycles. The number of hydrogen-bond acceptors (Lipinski definition) is 4. The molecule has 0 amide bonds. The number of nitrogens with one attached hydrogen (secondary N) is 1. The highest BCUT2D eigenvalue weighted by Crippen LogP contribution is 2.34. The quantitative estimate of drug-likeness (QED) is 0.874. The van der Waals surface area contributed by atoms with E-state index in [1.165, 1.54) is 5.56 Å². The van der Waals surface area contributed by atoms with Crippen LogP contribution in [0.4, 0.5) is 5.82 Å². The van der Waals surface area contributed by atoms with Gasteiger partial charge in [-0.2, -0.15) is 0 Å². The Kier molecular flexibility index (Phi) is 4.36. The Morgan fingerprint density at radius 1 is 1.29 bits per heavy atom. The van der Waals surface area contributed by atoms with E-state index >= 15 is 0 Å². The lowest BCUT2D eigenvalue weighted by atomic mass is 9.94. The molecule has 110 valence electrons. The van der Waals surface area contributed by atoms with Crippen LogP contribution in [-0.4, -0.2) is 17.1 Å². The van der Waals surface area contributed by atoms with Crippen LogP contribution in [0.5, 0.6) is 0 Å². The van der Waals surface area contributed by atoms with Gasteiger partial charge >= 0.3 is 0 Å². The molecule has 0 saturated carbocycles. The highest BCUT2D eigenvalue weighted by atomic mass is 35.5. The molecule has 1 aliphatic rings. The minimum atomic E-state index is 0.0199. The second-order valence-corrected chi connectivity index (χ2v) is 5.50. The van der Waals surface area contributed by atoms with Crippen LogP contribution < -0.4 is 5.32 Å². The zero-order valence-electron chi connectivity index (χ0n) is 12.0. The molecule has 1 heterocycles. The number of rotatable bonds is 4. The number of hydrogen-bond donors (Lipinski definition) is 1. The van der Waals surface area contributed by atoms with E-state index in [-0.39, 0.29) is 11.4 Å². The van der Waals surface area contributed by atoms with Crippen molar-refractivity contribution in [2.24, 2.45) is 0 Å². The first kappa shape index (κ1) is 14.3. The molecule has 0 aliphatic heterocycles. The van der Waals surface area contributed by atoms with E-state index in [9.17, 15) is 0 Å². The van der Waals surface area contributed by atoms with Crippen LogP contribution in [-0.2, 0) is 17.7 Å². The predicted octanol–water partition coefficient (Wildman–Crippen LogP) is 3.77. The molecule has 5 heteroatoms. The maximum absolute atomic E-state index is 6.07. The summed E-state index contributed by atoms with van der Waals surface area (Å²) in [5.41, 5.74) is 3.27. The summed E-state index contributed by atoms with van der Waals surface area (Å²) in [6.45, 7) is 0.721. The molecule has 0 spiro atoms. The van der Waals surface area contributed by atoms with Crippen molar-refractivity contribution in [2.45, 2.75) is 31.9 Å². The number of ether oxygens (including phenoxy) is 1. The van der Waals surface area contributed by atoms with Gasteiger partial charge in [0.25, 0.3) is 0 Å². The van der Waals surface area contributed by atoms with Crippen molar-refractivity contribution in [2.75, 3.05) is 12.4 Å². The van der Waals surface area contributed by atoms with Gasteiger partial charge in [0, 0.05) is 19.2 Å². The van der Waals surface area contributed by atoms with Gasteiger partial charge in [-0.25, -0.2) is 9.97 Å². The number of nitrogens with zero attached hydrogens (tertiary/aromatic N) is 2. The smallest absolute Gasteiger partial charge is 0.224 e. The lowest BCUT2D eigenvalue weighted by Gasteiger charge is -2.25. The number of benzene rings is 1. The highest BCUT2D eigenvalue weighted by molar-refractivity contribution is 6.28. The fourth-order valence-electron chi connectivity index (χ4n) is 2.74. The van der Waals surface area contributed by atoms with E-state index in [4.69, 9.17) is 16.3 Å². The van der Waals surface area contributed by atoms with Crippen LogP contribution in [0.15, 0.2) is 30.3 Å². The van der Waals surface area contributed by atoms with Gasteiger partial charge in [-0.1, -0.05) is 30.3 Å². The third-order valence-electron chi connectivity index (χ3n) is 3.80. The normalized spacial score (nSPS) is 17.3. The largest absolute Gasteiger partial charge is 0.375 e. The van der Waals surface area contributed by atoms with Crippen LogP contribution in [0.25, 0.3) is 0 Å². The van der Waals surface area contributed by atoms with Crippen LogP contribution in [0, 0.1) is 0 Å². The second kappa shape index (κ2) is 6.41. The maximum atomic E-state index is 6.07. The molecule has 3 rings (SSSR count). The van der Waals surface area contributed by atoms with Crippen LogP contribution in [0.1, 0.15) is 35.8 Å². The summed E-state index contributed by atoms with van der Waals surface area (Å²) in [7, 11) is 1.72. The summed E-state index contributed by atoms with van der Waals surface area (Å²) < 4.78 is 5.51. The first-order valence-corrected chi connectivity index (χ1v) is 7.52. The number of methoxy groups -OCH3 is 1. The summed E-state index contributed by atoms with van der Waals surface area (Å²) >= 11 is 6.07. The molecule has 1 N–H and O–H groups in total. The van der Waals surface area contributed by atoms with E-state index in [0.717, 1.165) is 42.9 Å². The third-order valence-corrected chi connectivity index (χ3v) is 3.97. The SMILES string of the molecule is COC1CCCc2c(NCc3ccccc3)nc(Cl)nc21. The Bertz CT molecular complexity index is 618. The molecule has 0 bridgehead atoms. The Labute approximate surface area is 129 Å². The van der Waals surface area contributed by atoms with Crippen molar-refractivity contribution in [3.05, 3.63) is 52.4 Å². The number of fused-ring (bicyclic) bond motifs is 1. The lowest BCUT2D eigenvalue weighted by Crippen LogP contribution is -2.17. The summed E-state index contributed by atoms with van der Waals surface area (Å²) in [6, 6.07) is 10.2. The van der Waals surface area contributed by atoms with E-state index in [1.54, 1.807) is 7.11 Å². The monoisotopic (exact) mass is 303 g/mol. The van der Waals surface area contributed by atoms with Gasteiger partial charge in [-0.05, 0) is 36.4 Å². The summed E-state index contributed by atoms with van der Waals surface area (Å²) in [5, 5.41) is 3.65. The first-order valence-electron chi connectivity index (χ1n) is 7.15. The van der Waals surface area contributed by atoms with Crippen LogP contribution in [0.2, 0.25) is 5.28 Å². The van der Waals surface area contributed by atoms with E-state index in [2.05, 4.69) is 27.4 Å². The van der Waals surface area contributed by atoms with Crippen molar-refractivity contribution in [1.82, 2.24) is 9.97 Å². The van der Waals surface area contributed by atoms with Crippen molar-refractivity contribution in [3.63, 3.8) is 0 Å². The average Bonchev–Trinajstić information content (AvgIpc) is 2.53. The molecule has 1 unspecified atom stereocenters. The molecule has 2 aromatic rings. The average molecular weight is 304 g/mol. The topological polar surface area (TPSA) is 47.0 Å². The van der Waals surface area contributed by atoms with E-state index in [0.29, 0.717) is 0 Å². The van der Waals surface area contributed by atoms with Crippen LogP contribution in [0.3, 0.4) is 0 Å². The van der Waals surface area contributed by atoms with Gasteiger partial charge in [-0.15, -0.1) is 0 Å². The molecule has 0 saturated heterocycles. The molecule has 21 heavy (non-hydrogen) atoms. The fourth-order valence-corrected chi connectivity index (χ4v) is 2.92. The molecule has 0 fully saturated rings. The van der Waals surface area contributed by atoms with Gasteiger partial charge in [0.1, 0.15) is 5.82 Å². The zero-order chi connectivity index (χ0) is 14.7. The summed E-state index contributed by atoms with van der Waals surface area (Å²) in [5.74, 6) is 0.829. The fraction of sp³-hybridized carbons (Fsp3) is 0.375. The lowest BCUT2D eigenvalue weighted by molar-refractivity contribution is 0.0842. The molecular weight excluding hydrogens is 286 g/mol. The zero-order valence-corrected chi connectivity index (χ0v) is 12.7. The van der Waals surface area contributed by atoms with Crippen molar-refractivity contribution < 1.29 is 4.74 Å². The first-order chi connectivity index (χ1) is 10.3. The van der Waals surface area contributed by atoms with Crippen molar-refractivity contribution in [3.8, 4) is 0 Å².